The number of aliphatic hydroxyl groups excluding tert-OH is 1. The number of rotatable bonds is 5. The topological polar surface area (TPSA) is 255 Å². The molecule has 53 heavy (non-hydrogen) atoms. The molecule has 2 aliphatic rings. The van der Waals surface area contributed by atoms with Gasteiger partial charge in [-0.15, -0.1) is 11.8 Å². The van der Waals surface area contributed by atoms with Gasteiger partial charge in [0.25, 0.3) is 0 Å². The molecular formula is C36H48N8O8S. The van der Waals surface area contributed by atoms with Crippen molar-refractivity contribution < 1.29 is 38.7 Å². The number of carbonyl (C=O) groups is 7. The molecule has 0 saturated carbocycles. The first-order valence-electron chi connectivity index (χ1n) is 17.2. The number of aliphatic hydroxyl groups is 1. The predicted molar refractivity (Wildman–Crippen MR) is 197 cm³/mol. The van der Waals surface area contributed by atoms with E-state index in [-0.39, 0.29) is 37.4 Å². The number of benzene rings is 2. The smallest absolute Gasteiger partial charge is 0.246 e. The molecule has 6 atom stereocenters. The second-order valence-electron chi connectivity index (χ2n) is 14.1. The van der Waals surface area contributed by atoms with Gasteiger partial charge >= 0.3 is 0 Å². The monoisotopic (exact) mass is 752 g/mol. The van der Waals surface area contributed by atoms with Crippen LogP contribution in [0.5, 0.6) is 0 Å². The van der Waals surface area contributed by atoms with E-state index in [1.807, 2.05) is 54.6 Å². The van der Waals surface area contributed by atoms with Crippen LogP contribution in [-0.2, 0) is 40.0 Å². The fraction of sp³-hybridized carbons (Fsp3) is 0.472. The Morgan fingerprint density at radius 1 is 0.849 bits per heavy atom. The highest BCUT2D eigenvalue weighted by Gasteiger charge is 2.45. The van der Waals surface area contributed by atoms with Crippen LogP contribution in [0.1, 0.15) is 32.8 Å². The van der Waals surface area contributed by atoms with Crippen molar-refractivity contribution in [3.05, 3.63) is 60.2 Å². The third-order valence-electron chi connectivity index (χ3n) is 8.91. The highest BCUT2D eigenvalue weighted by molar-refractivity contribution is 8.00. The summed E-state index contributed by atoms with van der Waals surface area (Å²) in [6.07, 6.45) is -1.17. The van der Waals surface area contributed by atoms with E-state index in [4.69, 9.17) is 11.5 Å². The summed E-state index contributed by atoms with van der Waals surface area (Å²) in [7, 11) is 0. The van der Waals surface area contributed by atoms with Crippen LogP contribution in [-0.4, -0.2) is 119 Å². The van der Waals surface area contributed by atoms with Crippen LogP contribution >= 0.6 is 11.8 Å². The Morgan fingerprint density at radius 3 is 2.13 bits per heavy atom. The van der Waals surface area contributed by atoms with Gasteiger partial charge in [0, 0.05) is 31.7 Å². The summed E-state index contributed by atoms with van der Waals surface area (Å²) in [6.45, 7) is 4.07. The molecule has 2 aliphatic heterocycles. The van der Waals surface area contributed by atoms with E-state index in [0.717, 1.165) is 22.9 Å². The SMILES string of the molecule is CC(C)(C)[C@@H]1NC(=O)CSC[C@H](C(N)=O)NC(=O)[C@@H](CN)NC(=O)CNC(=O)[C@@H](Cc2ccc(-c3ccccc3)cc2)NC(=O)[C@@H]2C[C@@H](O)CN2C1=O. The van der Waals surface area contributed by atoms with Crippen molar-refractivity contribution in [2.45, 2.75) is 69.9 Å². The molecule has 286 valence electrons. The molecule has 2 aromatic rings. The molecule has 2 heterocycles. The maximum Gasteiger partial charge on any atom is 0.246 e. The first-order valence-corrected chi connectivity index (χ1v) is 18.4. The van der Waals surface area contributed by atoms with Crippen LogP contribution in [0.15, 0.2) is 54.6 Å². The van der Waals surface area contributed by atoms with Crippen molar-refractivity contribution >= 4 is 53.1 Å². The molecule has 0 radical (unpaired) electrons. The standard InChI is InChI=1S/C36H48N8O8S/c1-36(2,3)30-35(52)44-17-23(45)14-27(44)34(51)41-24(13-20-9-11-22(12-10-20)21-7-5-4-6-8-21)32(49)39-16-28(46)40-25(15-37)33(50)42-26(31(38)48)18-53-19-29(47)43-30/h4-12,23-27,30,45H,13-19,37H2,1-3H3,(H2,38,48)(H,39,49)(H,40,46)(H,41,51)(H,42,50)(H,43,47)/t23-,24-,25-,26-,27+,30-/m1/s1. The first-order chi connectivity index (χ1) is 25.1. The van der Waals surface area contributed by atoms with Gasteiger partial charge in [-0.1, -0.05) is 75.4 Å². The molecule has 10 N–H and O–H groups in total. The fourth-order valence-corrected chi connectivity index (χ4v) is 6.87. The average molecular weight is 753 g/mol. The number of carbonyl (C=O) groups excluding carboxylic acids is 7. The molecule has 0 unspecified atom stereocenters. The van der Waals surface area contributed by atoms with E-state index in [1.165, 1.54) is 4.90 Å². The quantitative estimate of drug-likeness (QED) is 0.169. The number of amides is 7. The predicted octanol–water partition coefficient (Wildman–Crippen LogP) is -1.85. The van der Waals surface area contributed by atoms with Gasteiger partial charge in [-0.25, -0.2) is 0 Å². The van der Waals surface area contributed by atoms with Crippen LogP contribution < -0.4 is 38.1 Å². The zero-order chi connectivity index (χ0) is 38.9. The van der Waals surface area contributed by atoms with E-state index in [2.05, 4.69) is 26.6 Å². The average Bonchev–Trinajstić information content (AvgIpc) is 3.52. The minimum absolute atomic E-state index is 0.00183. The Balaban J connectivity index is 1.65. The van der Waals surface area contributed by atoms with Gasteiger partial charge in [0.2, 0.25) is 41.4 Å². The van der Waals surface area contributed by atoms with Crippen LogP contribution in [0.3, 0.4) is 0 Å². The minimum atomic E-state index is -1.29. The Bertz CT molecular complexity index is 1670. The van der Waals surface area contributed by atoms with Crippen LogP contribution in [0.25, 0.3) is 11.1 Å². The van der Waals surface area contributed by atoms with E-state index in [1.54, 1.807) is 20.8 Å². The highest BCUT2D eigenvalue weighted by atomic mass is 32.2. The number of nitrogens with zero attached hydrogens (tertiary/aromatic N) is 1. The second kappa shape index (κ2) is 18.2. The number of nitrogens with two attached hydrogens (primary N) is 2. The van der Waals surface area contributed by atoms with Crippen molar-refractivity contribution in [1.29, 1.82) is 0 Å². The molecule has 2 fully saturated rings. The lowest BCUT2D eigenvalue weighted by Gasteiger charge is -2.35. The number of primary amides is 1. The summed E-state index contributed by atoms with van der Waals surface area (Å²) < 4.78 is 0. The molecule has 7 amide bonds. The summed E-state index contributed by atoms with van der Waals surface area (Å²) in [4.78, 5) is 93.9. The lowest BCUT2D eigenvalue weighted by atomic mass is 9.85. The van der Waals surface area contributed by atoms with E-state index in [9.17, 15) is 38.7 Å². The molecule has 0 spiro atoms. The second-order valence-corrected chi connectivity index (χ2v) is 15.2. The van der Waals surface area contributed by atoms with Gasteiger partial charge in [-0.2, -0.15) is 0 Å². The molecule has 17 heteroatoms. The lowest BCUT2D eigenvalue weighted by molar-refractivity contribution is -0.144. The normalized spacial score (nSPS) is 25.9. The number of nitrogens with one attached hydrogen (secondary N) is 5. The highest BCUT2D eigenvalue weighted by Crippen LogP contribution is 2.27. The van der Waals surface area contributed by atoms with Crippen molar-refractivity contribution in [3.8, 4) is 11.1 Å². The zero-order valence-electron chi connectivity index (χ0n) is 29.9. The molecule has 0 aromatic heterocycles. The third kappa shape index (κ3) is 11.2. The van der Waals surface area contributed by atoms with Crippen molar-refractivity contribution in [2.24, 2.45) is 16.9 Å². The Hall–Kier alpha value is -5.00. The van der Waals surface area contributed by atoms with Gasteiger partial charge in [-0.05, 0) is 22.1 Å². The lowest BCUT2D eigenvalue weighted by Crippen LogP contribution is -2.59. The third-order valence-corrected chi connectivity index (χ3v) is 9.94. The summed E-state index contributed by atoms with van der Waals surface area (Å²) >= 11 is 0.973. The molecular weight excluding hydrogens is 705 g/mol. The zero-order valence-corrected chi connectivity index (χ0v) is 30.7. The van der Waals surface area contributed by atoms with E-state index >= 15 is 0 Å². The van der Waals surface area contributed by atoms with Crippen molar-refractivity contribution in [2.75, 3.05) is 31.1 Å². The van der Waals surface area contributed by atoms with Crippen molar-refractivity contribution in [3.63, 3.8) is 0 Å². The summed E-state index contributed by atoms with van der Waals surface area (Å²) in [6, 6.07) is 10.9. The summed E-state index contributed by atoms with van der Waals surface area (Å²) in [5.74, 6) is -5.42. The molecule has 16 nitrogen and oxygen atoms in total. The van der Waals surface area contributed by atoms with Crippen LogP contribution in [0.4, 0.5) is 0 Å². The molecule has 2 saturated heterocycles. The number of hydrogen-bond acceptors (Lipinski definition) is 10. The molecule has 0 bridgehead atoms. The van der Waals surface area contributed by atoms with Crippen LogP contribution in [0, 0.1) is 5.41 Å². The minimum Gasteiger partial charge on any atom is -0.391 e. The first kappa shape index (κ1) is 40.8. The van der Waals surface area contributed by atoms with Gasteiger partial charge in [-0.3, -0.25) is 33.6 Å². The Morgan fingerprint density at radius 2 is 1.51 bits per heavy atom. The Kier molecular flexibility index (Phi) is 14.0. The van der Waals surface area contributed by atoms with Gasteiger partial charge in [0.15, 0.2) is 0 Å². The van der Waals surface area contributed by atoms with Gasteiger partial charge in [0.1, 0.15) is 30.2 Å². The fourth-order valence-electron chi connectivity index (χ4n) is 6.00. The summed E-state index contributed by atoms with van der Waals surface area (Å²) in [5.41, 5.74) is 13.0. The van der Waals surface area contributed by atoms with Gasteiger partial charge < -0.3 is 48.1 Å². The largest absolute Gasteiger partial charge is 0.391 e. The van der Waals surface area contributed by atoms with E-state index in [0.29, 0.717) is 5.56 Å². The van der Waals surface area contributed by atoms with Crippen LogP contribution in [0.2, 0.25) is 0 Å². The number of fused-ring (bicyclic) bond motifs is 1. The van der Waals surface area contributed by atoms with E-state index < -0.39 is 89.6 Å². The van der Waals surface area contributed by atoms with Gasteiger partial charge in [0.05, 0.1) is 18.4 Å². The molecule has 2 aromatic carbocycles. The number of thioether (sulfide) groups is 1. The molecule has 0 aliphatic carbocycles. The van der Waals surface area contributed by atoms with Crippen molar-refractivity contribution in [1.82, 2.24) is 31.5 Å². The maximum atomic E-state index is 14.1. The number of hydrogen-bond donors (Lipinski definition) is 8. The molecule has 4 rings (SSSR count). The maximum absolute atomic E-state index is 14.1. The summed E-state index contributed by atoms with van der Waals surface area (Å²) in [5, 5.41) is 23.4. The Labute approximate surface area is 311 Å².